The van der Waals surface area contributed by atoms with Crippen LogP contribution in [0.5, 0.6) is 0 Å². The van der Waals surface area contributed by atoms with E-state index in [2.05, 4.69) is 20.8 Å². The Morgan fingerprint density at radius 1 is 0.352 bits per heavy atom. The second-order valence-electron chi connectivity index (χ2n) is 25.3. The van der Waals surface area contributed by atoms with Gasteiger partial charge in [0.1, 0.15) is 12.2 Å². The predicted octanol–water partition coefficient (Wildman–Crippen LogP) is 2.63. The van der Waals surface area contributed by atoms with Gasteiger partial charge < -0.3 is 86.7 Å². The van der Waals surface area contributed by atoms with Gasteiger partial charge in [0.2, 0.25) is 0 Å². The van der Waals surface area contributed by atoms with E-state index in [0.717, 1.165) is 51.4 Å². The SMILES string of the molecule is C[C@H]1O[C@H]2C[C@H]3O[C@@]4(C)C[C@H]5O[C@H]6C[C@H]7O[C@H]8CC[C@H]9O[C@H]%10C[C@H]%11O[C@H]%12C[C@H]%13O[C@H]%14C[C@H](CCO)O[C@@H]%14C[C@H](O)[C@@H]%13O[C@@H]%12C[C@H](O)[C@@H]%11O[C@@H]%10C[C@]9(C)O[C@@H]8C[C@]7(C)O[C@@H]6C[C@@H]5O[C@@H]4CC[C@@H]3O[C@@H]2C[C@@H]1O. The van der Waals surface area contributed by atoms with Crippen molar-refractivity contribution in [1.29, 1.82) is 0 Å². The number of ether oxygens (including phenoxy) is 14. The number of aliphatic hydroxyl groups is 4. The fourth-order valence-corrected chi connectivity index (χ4v) is 16.7. The number of hydrogen-bond donors (Lipinski definition) is 4. The summed E-state index contributed by atoms with van der Waals surface area (Å²) in [5.74, 6) is 0. The van der Waals surface area contributed by atoms with E-state index in [1.165, 1.54) is 0 Å². The van der Waals surface area contributed by atoms with Crippen LogP contribution in [0.4, 0.5) is 0 Å². The van der Waals surface area contributed by atoms with Gasteiger partial charge in [-0.2, -0.15) is 0 Å². The average molecular weight is 1010 g/mol. The Bertz CT molecular complexity index is 1950. The van der Waals surface area contributed by atoms with Gasteiger partial charge in [-0.25, -0.2) is 0 Å². The second-order valence-corrected chi connectivity index (χ2v) is 25.3. The number of aliphatic hydroxyl groups excluding tert-OH is 4. The van der Waals surface area contributed by atoms with E-state index in [1.54, 1.807) is 0 Å². The quantitative estimate of drug-likeness (QED) is 0.314. The van der Waals surface area contributed by atoms with E-state index in [4.69, 9.17) is 66.3 Å². The lowest BCUT2D eigenvalue weighted by Crippen LogP contribution is -2.68. The van der Waals surface area contributed by atoms with Crippen LogP contribution in [0, 0.1) is 0 Å². The van der Waals surface area contributed by atoms with Crippen LogP contribution in [-0.4, -0.2) is 215 Å². The molecule has 14 aliphatic heterocycles. The van der Waals surface area contributed by atoms with Crippen molar-refractivity contribution in [1.82, 2.24) is 0 Å². The highest BCUT2D eigenvalue weighted by molar-refractivity contribution is 5.11. The molecule has 14 heterocycles. The average Bonchev–Trinajstić information content (AvgIpc) is 3.38. The summed E-state index contributed by atoms with van der Waals surface area (Å²) in [4.78, 5) is 0. The third-order valence-corrected chi connectivity index (χ3v) is 20.4. The van der Waals surface area contributed by atoms with Gasteiger partial charge in [0, 0.05) is 83.7 Å². The molecule has 14 aliphatic rings. The van der Waals surface area contributed by atoms with Gasteiger partial charge in [0.05, 0.1) is 176 Å². The summed E-state index contributed by atoms with van der Waals surface area (Å²) in [6, 6.07) is 0. The molecular formula is C53H80O18. The van der Waals surface area contributed by atoms with E-state index in [0.29, 0.717) is 57.8 Å². The summed E-state index contributed by atoms with van der Waals surface area (Å²) in [5, 5.41) is 43.2. The minimum atomic E-state index is -0.832. The van der Waals surface area contributed by atoms with Crippen LogP contribution in [0.25, 0.3) is 0 Å². The summed E-state index contributed by atoms with van der Waals surface area (Å²) in [6.07, 6.45) is 3.44. The van der Waals surface area contributed by atoms with Crippen molar-refractivity contribution in [3.8, 4) is 0 Å². The van der Waals surface area contributed by atoms with Crippen molar-refractivity contribution in [2.45, 2.75) is 325 Å². The summed E-state index contributed by atoms with van der Waals surface area (Å²) >= 11 is 0. The Kier molecular flexibility index (Phi) is 12.5. The number of hydrogen-bond acceptors (Lipinski definition) is 18. The minimum Gasteiger partial charge on any atom is -0.396 e. The Labute approximate surface area is 416 Å². The van der Waals surface area contributed by atoms with Crippen molar-refractivity contribution < 1.29 is 86.7 Å². The van der Waals surface area contributed by atoms with Gasteiger partial charge in [-0.1, -0.05) is 0 Å². The monoisotopic (exact) mass is 1000 g/mol. The third-order valence-electron chi connectivity index (χ3n) is 20.4. The maximum Gasteiger partial charge on any atom is 0.110 e. The molecule has 18 nitrogen and oxygen atoms in total. The van der Waals surface area contributed by atoms with E-state index >= 15 is 0 Å². The van der Waals surface area contributed by atoms with E-state index < -0.39 is 59.5 Å². The van der Waals surface area contributed by atoms with Crippen LogP contribution in [0.3, 0.4) is 0 Å². The molecule has 0 aromatic heterocycles. The maximum atomic E-state index is 11.8. The number of fused-ring (bicyclic) bond motifs is 13. The second kappa shape index (κ2) is 18.2. The molecule has 14 saturated heterocycles. The van der Waals surface area contributed by atoms with E-state index in [9.17, 15) is 20.4 Å². The molecule has 0 spiro atoms. The Morgan fingerprint density at radius 2 is 0.761 bits per heavy atom. The fraction of sp³-hybridized carbons (Fsp3) is 1.00. The number of rotatable bonds is 2. The van der Waals surface area contributed by atoms with Gasteiger partial charge in [-0.15, -0.1) is 0 Å². The van der Waals surface area contributed by atoms with Crippen LogP contribution in [0.2, 0.25) is 0 Å². The molecule has 0 saturated carbocycles. The lowest BCUT2D eigenvalue weighted by atomic mass is 9.76. The van der Waals surface area contributed by atoms with Crippen LogP contribution >= 0.6 is 0 Å². The first kappa shape index (κ1) is 48.6. The molecule has 14 rings (SSSR count). The molecule has 18 heteroatoms. The van der Waals surface area contributed by atoms with Crippen LogP contribution in [-0.2, 0) is 66.3 Å². The molecule has 31 atom stereocenters. The molecule has 0 unspecified atom stereocenters. The summed E-state index contributed by atoms with van der Waals surface area (Å²) in [5.41, 5.74) is -1.76. The maximum absolute atomic E-state index is 11.8. The predicted molar refractivity (Wildman–Crippen MR) is 244 cm³/mol. The zero-order valence-corrected chi connectivity index (χ0v) is 41.9. The first-order valence-corrected chi connectivity index (χ1v) is 28.0. The van der Waals surface area contributed by atoms with Crippen LogP contribution in [0.15, 0.2) is 0 Å². The molecule has 0 aromatic rings. The highest BCUT2D eigenvalue weighted by Gasteiger charge is 2.63. The molecule has 14 fully saturated rings. The van der Waals surface area contributed by atoms with E-state index in [-0.39, 0.29) is 135 Å². The van der Waals surface area contributed by atoms with Crippen molar-refractivity contribution >= 4 is 0 Å². The molecule has 71 heavy (non-hydrogen) atoms. The summed E-state index contributed by atoms with van der Waals surface area (Å²) in [7, 11) is 0. The van der Waals surface area contributed by atoms with Crippen molar-refractivity contribution in [2.24, 2.45) is 0 Å². The fourth-order valence-electron chi connectivity index (χ4n) is 16.7. The highest BCUT2D eigenvalue weighted by atomic mass is 16.7. The van der Waals surface area contributed by atoms with Crippen LogP contribution in [0.1, 0.15) is 137 Å². The van der Waals surface area contributed by atoms with Gasteiger partial charge in [0.25, 0.3) is 0 Å². The minimum absolute atomic E-state index is 0.0491. The molecule has 0 radical (unpaired) electrons. The molecular weight excluding hydrogens is 925 g/mol. The molecule has 400 valence electrons. The van der Waals surface area contributed by atoms with E-state index in [1.807, 2.05) is 6.92 Å². The zero-order chi connectivity index (χ0) is 48.3. The van der Waals surface area contributed by atoms with Crippen LogP contribution < -0.4 is 0 Å². The summed E-state index contributed by atoms with van der Waals surface area (Å²) in [6.45, 7) is 8.53. The molecule has 0 amide bonds. The highest BCUT2D eigenvalue weighted by Crippen LogP contribution is 2.53. The zero-order valence-electron chi connectivity index (χ0n) is 41.9. The third kappa shape index (κ3) is 8.48. The smallest absolute Gasteiger partial charge is 0.110 e. The standard InChI is InChI=1S/C53H80O18/c1-23-25(55)12-32-34(58-23)15-39-28(60-32)5-7-46-51(2,69-39)20-43-36(65-46)16-40-38(63-43)19-48-53(4,70-40)22-45-29(64-48)6-8-47-52(3,71-45)21-44-37(66-47)18-42-50(68-44)27(57)14-33-35(62-42)17-41-49(67-33)26(56)13-31-30(61-41)11-24(59-31)9-10-54/h23-50,54-57H,5-22H2,1-4H3/t23-,24+,25+,26+,27+,28+,29+,30+,31-,32-,33-,34+,35+,36+,37+,38+,39-,40-,41-,42-,43-,44-,45-,46-,47-,48-,49+,50+,51+,52+,53+/m1/s1. The largest absolute Gasteiger partial charge is 0.396 e. The molecule has 0 aromatic carbocycles. The lowest BCUT2D eigenvalue weighted by molar-refractivity contribution is -0.347. The Hall–Kier alpha value is -0.720. The van der Waals surface area contributed by atoms with Crippen molar-refractivity contribution in [3.63, 3.8) is 0 Å². The topological polar surface area (TPSA) is 210 Å². The normalized spacial score (nSPS) is 61.5. The lowest BCUT2D eigenvalue weighted by Gasteiger charge is -2.58. The Balaban J connectivity index is 0.618. The van der Waals surface area contributed by atoms with Gasteiger partial charge in [-0.05, 0) is 59.8 Å². The molecule has 0 aliphatic carbocycles. The first-order chi connectivity index (χ1) is 34.2. The van der Waals surface area contributed by atoms with Crippen molar-refractivity contribution in [3.05, 3.63) is 0 Å². The first-order valence-electron chi connectivity index (χ1n) is 28.0. The van der Waals surface area contributed by atoms with Crippen molar-refractivity contribution in [2.75, 3.05) is 6.61 Å². The molecule has 4 N–H and O–H groups in total. The molecule has 0 bridgehead atoms. The summed E-state index contributed by atoms with van der Waals surface area (Å²) < 4.78 is 95.6. The van der Waals surface area contributed by atoms with Gasteiger partial charge in [0.15, 0.2) is 0 Å². The van der Waals surface area contributed by atoms with Gasteiger partial charge >= 0.3 is 0 Å². The Morgan fingerprint density at radius 3 is 1.42 bits per heavy atom. The van der Waals surface area contributed by atoms with Gasteiger partial charge in [-0.3, -0.25) is 0 Å².